The Balaban J connectivity index is 1.89. The lowest BCUT2D eigenvalue weighted by atomic mass is 10.1. The molecule has 1 aromatic rings. The molecule has 1 heterocycles. The first kappa shape index (κ1) is 12.1. The number of aromatic nitrogens is 1. The van der Waals surface area contributed by atoms with Crippen molar-refractivity contribution >= 4 is 5.82 Å². The molecule has 2 unspecified atom stereocenters. The van der Waals surface area contributed by atoms with Gasteiger partial charge in [-0.3, -0.25) is 0 Å². The molecule has 1 saturated carbocycles. The van der Waals surface area contributed by atoms with E-state index >= 15 is 0 Å². The second-order valence-electron chi connectivity index (χ2n) is 4.52. The minimum atomic E-state index is -2.80. The highest BCUT2D eigenvalue weighted by Gasteiger charge is 2.21. The zero-order valence-corrected chi connectivity index (χ0v) is 9.70. The van der Waals surface area contributed by atoms with Crippen LogP contribution >= 0.6 is 0 Å². The van der Waals surface area contributed by atoms with Gasteiger partial charge < -0.3 is 10.1 Å². The number of hydrogen-bond donors (Lipinski definition) is 1. The number of alkyl halides is 2. The molecule has 0 aromatic carbocycles. The van der Waals surface area contributed by atoms with Crippen molar-refractivity contribution in [2.45, 2.75) is 38.8 Å². The van der Waals surface area contributed by atoms with E-state index in [9.17, 15) is 8.78 Å². The van der Waals surface area contributed by atoms with Gasteiger partial charge in [0.15, 0.2) is 0 Å². The quantitative estimate of drug-likeness (QED) is 0.879. The van der Waals surface area contributed by atoms with E-state index in [-0.39, 0.29) is 5.75 Å². The largest absolute Gasteiger partial charge is 0.433 e. The number of pyridine rings is 1. The number of nitrogens with zero attached hydrogens (tertiary/aromatic N) is 1. The van der Waals surface area contributed by atoms with E-state index in [0.717, 1.165) is 18.8 Å². The predicted molar refractivity (Wildman–Crippen MR) is 61.3 cm³/mol. The van der Waals surface area contributed by atoms with Crippen molar-refractivity contribution in [3.05, 3.63) is 18.3 Å². The smallest absolute Gasteiger partial charge is 0.387 e. The maximum absolute atomic E-state index is 11.9. The lowest BCUT2D eigenvalue weighted by Crippen LogP contribution is -2.16. The SMILES string of the molecule is CC1CCC(Nc2ccc(OC(F)F)cn2)C1. The molecule has 1 N–H and O–H groups in total. The van der Waals surface area contributed by atoms with E-state index in [2.05, 4.69) is 22.0 Å². The van der Waals surface area contributed by atoms with Gasteiger partial charge in [0.1, 0.15) is 11.6 Å². The lowest BCUT2D eigenvalue weighted by Gasteiger charge is -2.13. The topological polar surface area (TPSA) is 34.1 Å². The summed E-state index contributed by atoms with van der Waals surface area (Å²) in [6, 6.07) is 3.61. The van der Waals surface area contributed by atoms with Gasteiger partial charge in [0.25, 0.3) is 0 Å². The van der Waals surface area contributed by atoms with Crippen LogP contribution in [-0.2, 0) is 0 Å². The Hall–Kier alpha value is -1.39. The van der Waals surface area contributed by atoms with E-state index in [1.165, 1.54) is 18.7 Å². The van der Waals surface area contributed by atoms with Gasteiger partial charge in [-0.25, -0.2) is 4.98 Å². The number of rotatable bonds is 4. The summed E-state index contributed by atoms with van der Waals surface area (Å²) in [5, 5.41) is 3.30. The molecule has 17 heavy (non-hydrogen) atoms. The van der Waals surface area contributed by atoms with Crippen molar-refractivity contribution in [3.8, 4) is 5.75 Å². The van der Waals surface area contributed by atoms with E-state index in [4.69, 9.17) is 0 Å². The Kier molecular flexibility index (Phi) is 3.76. The van der Waals surface area contributed by atoms with E-state index < -0.39 is 6.61 Å². The van der Waals surface area contributed by atoms with Crippen molar-refractivity contribution in [1.82, 2.24) is 4.98 Å². The highest BCUT2D eigenvalue weighted by atomic mass is 19.3. The van der Waals surface area contributed by atoms with Crippen LogP contribution in [0.3, 0.4) is 0 Å². The third-order valence-electron chi connectivity index (χ3n) is 3.01. The van der Waals surface area contributed by atoms with Gasteiger partial charge in [0.05, 0.1) is 6.20 Å². The Morgan fingerprint density at radius 1 is 1.41 bits per heavy atom. The highest BCUT2D eigenvalue weighted by molar-refractivity contribution is 5.38. The molecule has 0 amide bonds. The third kappa shape index (κ3) is 3.54. The Morgan fingerprint density at radius 2 is 2.24 bits per heavy atom. The maximum Gasteiger partial charge on any atom is 0.387 e. The normalized spacial score (nSPS) is 24.0. The van der Waals surface area contributed by atoms with Crippen molar-refractivity contribution in [1.29, 1.82) is 0 Å². The maximum atomic E-state index is 11.9. The van der Waals surface area contributed by atoms with Crippen molar-refractivity contribution in [2.75, 3.05) is 5.32 Å². The van der Waals surface area contributed by atoms with E-state index in [1.54, 1.807) is 6.07 Å². The molecular weight excluding hydrogens is 226 g/mol. The molecule has 0 aliphatic heterocycles. The first-order valence-corrected chi connectivity index (χ1v) is 5.81. The van der Waals surface area contributed by atoms with E-state index in [0.29, 0.717) is 11.9 Å². The molecule has 2 atom stereocenters. The van der Waals surface area contributed by atoms with Gasteiger partial charge in [0, 0.05) is 6.04 Å². The number of hydrogen-bond acceptors (Lipinski definition) is 3. The number of nitrogens with one attached hydrogen (secondary N) is 1. The van der Waals surface area contributed by atoms with Crippen LogP contribution in [0.2, 0.25) is 0 Å². The molecule has 1 aliphatic carbocycles. The Labute approximate surface area is 99.2 Å². The average molecular weight is 242 g/mol. The molecule has 0 saturated heterocycles. The van der Waals surface area contributed by atoms with Crippen LogP contribution in [0, 0.1) is 5.92 Å². The summed E-state index contributed by atoms with van der Waals surface area (Å²) in [6.45, 7) is -0.569. The predicted octanol–water partition coefficient (Wildman–Crippen LogP) is 3.28. The van der Waals surface area contributed by atoms with Gasteiger partial charge in [-0.1, -0.05) is 6.92 Å². The first-order chi connectivity index (χ1) is 8.13. The number of ether oxygens (including phenoxy) is 1. The van der Waals surface area contributed by atoms with Gasteiger partial charge in [0.2, 0.25) is 0 Å². The number of halogens is 2. The van der Waals surface area contributed by atoms with Crippen LogP contribution in [0.1, 0.15) is 26.2 Å². The van der Waals surface area contributed by atoms with Crippen LogP contribution in [0.25, 0.3) is 0 Å². The molecule has 0 radical (unpaired) electrons. The molecule has 94 valence electrons. The summed E-state index contributed by atoms with van der Waals surface area (Å²) >= 11 is 0. The second-order valence-corrected chi connectivity index (χ2v) is 4.52. The van der Waals surface area contributed by atoms with E-state index in [1.807, 2.05) is 0 Å². The van der Waals surface area contributed by atoms with Crippen LogP contribution in [0.5, 0.6) is 5.75 Å². The number of anilines is 1. The molecule has 3 nitrogen and oxygen atoms in total. The molecule has 1 fully saturated rings. The second kappa shape index (κ2) is 5.29. The molecule has 1 aromatic heterocycles. The Morgan fingerprint density at radius 3 is 2.76 bits per heavy atom. The molecule has 5 heteroatoms. The van der Waals surface area contributed by atoms with Gasteiger partial charge in [-0.2, -0.15) is 8.78 Å². The fourth-order valence-corrected chi connectivity index (χ4v) is 2.19. The third-order valence-corrected chi connectivity index (χ3v) is 3.01. The summed E-state index contributed by atoms with van der Waals surface area (Å²) < 4.78 is 28.1. The minimum Gasteiger partial charge on any atom is -0.433 e. The van der Waals surface area contributed by atoms with Crippen molar-refractivity contribution in [3.63, 3.8) is 0 Å². The van der Waals surface area contributed by atoms with Crippen LogP contribution in [0.15, 0.2) is 18.3 Å². The average Bonchev–Trinajstić information content (AvgIpc) is 2.66. The highest BCUT2D eigenvalue weighted by Crippen LogP contribution is 2.27. The molecular formula is C12H16F2N2O. The van der Waals surface area contributed by atoms with Gasteiger partial charge in [-0.15, -0.1) is 0 Å². The van der Waals surface area contributed by atoms with Crippen molar-refractivity contribution in [2.24, 2.45) is 5.92 Å². The van der Waals surface area contributed by atoms with Crippen LogP contribution in [0.4, 0.5) is 14.6 Å². The zero-order valence-electron chi connectivity index (χ0n) is 9.70. The summed E-state index contributed by atoms with van der Waals surface area (Å²) in [7, 11) is 0. The fourth-order valence-electron chi connectivity index (χ4n) is 2.19. The standard InChI is InChI=1S/C12H16F2N2O/c1-8-2-3-9(6-8)16-11-5-4-10(7-15-11)17-12(13)14/h4-5,7-9,12H,2-3,6H2,1H3,(H,15,16). The fraction of sp³-hybridized carbons (Fsp3) is 0.583. The van der Waals surface area contributed by atoms with Gasteiger partial charge >= 0.3 is 6.61 Å². The zero-order chi connectivity index (χ0) is 12.3. The van der Waals surface area contributed by atoms with Crippen molar-refractivity contribution < 1.29 is 13.5 Å². The molecule has 0 spiro atoms. The monoisotopic (exact) mass is 242 g/mol. The van der Waals surface area contributed by atoms with Crippen LogP contribution in [-0.4, -0.2) is 17.6 Å². The summed E-state index contributed by atoms with van der Waals surface area (Å²) in [5.74, 6) is 1.55. The van der Waals surface area contributed by atoms with Gasteiger partial charge in [-0.05, 0) is 37.3 Å². The summed E-state index contributed by atoms with van der Waals surface area (Å²) in [5.41, 5.74) is 0. The summed E-state index contributed by atoms with van der Waals surface area (Å²) in [6.07, 6.45) is 4.81. The lowest BCUT2D eigenvalue weighted by molar-refractivity contribution is -0.0500. The first-order valence-electron chi connectivity index (χ1n) is 5.81. The molecule has 0 bridgehead atoms. The Bertz CT molecular complexity index is 356. The van der Waals surface area contributed by atoms with Crippen LogP contribution < -0.4 is 10.1 Å². The summed E-state index contributed by atoms with van der Waals surface area (Å²) in [4.78, 5) is 4.05. The molecule has 2 rings (SSSR count). The minimum absolute atomic E-state index is 0.0883. The molecule has 1 aliphatic rings.